The van der Waals surface area contributed by atoms with Crippen molar-refractivity contribution in [2.24, 2.45) is 29.1 Å². The second kappa shape index (κ2) is 11.5. The third-order valence-corrected chi connectivity index (χ3v) is 19.2. The van der Waals surface area contributed by atoms with E-state index in [1.54, 1.807) is 11.1 Å². The summed E-state index contributed by atoms with van der Waals surface area (Å²) in [6, 6.07) is 41.5. The molecule has 5 aromatic rings. The first-order chi connectivity index (χ1) is 27.6. The number of hydrogen-bond acceptors (Lipinski definition) is 2. The van der Waals surface area contributed by atoms with Gasteiger partial charge in [-0.1, -0.05) is 122 Å². The van der Waals surface area contributed by atoms with E-state index in [0.29, 0.717) is 5.41 Å². The number of fused-ring (bicyclic) bond motifs is 9. The normalized spacial score (nSPS) is 31.5. The van der Waals surface area contributed by atoms with Gasteiger partial charge in [-0.15, -0.1) is 0 Å². The lowest BCUT2D eigenvalue weighted by molar-refractivity contribution is -0.234. The summed E-state index contributed by atoms with van der Waals surface area (Å²) in [5, 5.41) is 0. The van der Waals surface area contributed by atoms with E-state index in [4.69, 9.17) is 0 Å². The third-order valence-electron chi connectivity index (χ3n) is 18.1. The van der Waals surface area contributed by atoms with Crippen molar-refractivity contribution in [3.8, 4) is 11.1 Å². The van der Waals surface area contributed by atoms with Crippen LogP contribution in [0.15, 0.2) is 113 Å². The maximum atomic E-state index is 2.72. The number of benzene rings is 5. The lowest BCUT2D eigenvalue weighted by Gasteiger charge is -2.78. The Morgan fingerprint density at radius 3 is 1.66 bits per heavy atom. The lowest BCUT2D eigenvalue weighted by Crippen LogP contribution is -2.74. The van der Waals surface area contributed by atoms with E-state index in [0.717, 1.165) is 23.7 Å². The highest BCUT2D eigenvalue weighted by molar-refractivity contribution is 7.99. The van der Waals surface area contributed by atoms with Crippen molar-refractivity contribution in [1.29, 1.82) is 0 Å². The van der Waals surface area contributed by atoms with Gasteiger partial charge in [0, 0.05) is 32.3 Å². The highest BCUT2D eigenvalue weighted by Crippen LogP contribution is 2.89. The molecule has 0 saturated heterocycles. The van der Waals surface area contributed by atoms with Crippen LogP contribution < -0.4 is 4.90 Å². The summed E-state index contributed by atoms with van der Waals surface area (Å²) >= 11 is 2.04. The van der Waals surface area contributed by atoms with Crippen LogP contribution in [0.1, 0.15) is 140 Å². The molecular formula is C56H61NS. The van der Waals surface area contributed by atoms with E-state index in [9.17, 15) is 0 Å². The van der Waals surface area contributed by atoms with Gasteiger partial charge >= 0.3 is 0 Å². The van der Waals surface area contributed by atoms with E-state index in [1.165, 1.54) is 112 Å². The minimum Gasteiger partial charge on any atom is -0.310 e. The van der Waals surface area contributed by atoms with Gasteiger partial charge in [0.15, 0.2) is 0 Å². The molecule has 0 N–H and O–H groups in total. The van der Waals surface area contributed by atoms with Crippen molar-refractivity contribution in [3.63, 3.8) is 0 Å². The number of anilines is 3. The molecule has 1 nitrogen and oxygen atoms in total. The predicted molar refractivity (Wildman–Crippen MR) is 243 cm³/mol. The van der Waals surface area contributed by atoms with Crippen molar-refractivity contribution in [1.82, 2.24) is 0 Å². The van der Waals surface area contributed by atoms with Crippen LogP contribution >= 0.6 is 11.8 Å². The number of hydrogen-bond donors (Lipinski definition) is 0. The van der Waals surface area contributed by atoms with E-state index in [-0.39, 0.29) is 27.1 Å². The molecule has 2 spiro atoms. The van der Waals surface area contributed by atoms with Crippen molar-refractivity contribution < 1.29 is 0 Å². The second-order valence-corrected chi connectivity index (χ2v) is 23.8. The second-order valence-electron chi connectivity index (χ2n) is 22.7. The number of nitrogens with zero attached hydrogens (tertiary/aromatic N) is 1. The summed E-state index contributed by atoms with van der Waals surface area (Å²) in [6.07, 6.45) is 10.7. The first-order valence-corrected chi connectivity index (χ1v) is 23.6. The SMILES string of the molecule is CC1(C)CCC(C)(C)c2cc(N(c3ccc4c(c3)C(C)(C)CCC4(C)C)c3ccc4c(c3)C3(c5c(cccc5-c5ccccc5)S4)C4CC5CC6CC3C64C5)ccc21. The molecule has 58 heavy (non-hydrogen) atoms. The summed E-state index contributed by atoms with van der Waals surface area (Å²) in [6.45, 7) is 19.8. The van der Waals surface area contributed by atoms with Crippen LogP contribution in [0.5, 0.6) is 0 Å². The Balaban J connectivity index is 1.10. The van der Waals surface area contributed by atoms with E-state index in [2.05, 4.69) is 163 Å². The summed E-state index contributed by atoms with van der Waals surface area (Å²) < 4.78 is 0. The predicted octanol–water partition coefficient (Wildman–Crippen LogP) is 15.3. The standard InChI is InChI=1S/C56H61NS/c1-51(2)23-25-53(5,6)43-30-37(17-20-41(43)51)57(38-18-21-42-44(31-38)54(7,8)26-24-52(42,3)4)39-19-22-46-45(32-39)56(48-28-34-27-36-29-49(56)55(36,48)33-34)50-40(15-12-16-47(50)58-46)35-13-10-9-11-14-35/h9-22,30-32,34,36,48-49H,23-29,33H2,1-8H3. The van der Waals surface area contributed by atoms with Crippen LogP contribution in [0, 0.1) is 29.1 Å². The van der Waals surface area contributed by atoms with Crippen LogP contribution in [0.4, 0.5) is 17.1 Å². The van der Waals surface area contributed by atoms with Crippen molar-refractivity contribution >= 4 is 28.8 Å². The van der Waals surface area contributed by atoms with E-state index < -0.39 is 0 Å². The Kier molecular flexibility index (Phi) is 7.19. The topological polar surface area (TPSA) is 3.24 Å². The quantitative estimate of drug-likeness (QED) is 0.179. The highest BCUT2D eigenvalue weighted by atomic mass is 32.2. The van der Waals surface area contributed by atoms with Crippen LogP contribution in [0.25, 0.3) is 11.1 Å². The summed E-state index contributed by atoms with van der Waals surface area (Å²) in [5.41, 5.74) is 17.4. The summed E-state index contributed by atoms with van der Waals surface area (Å²) in [4.78, 5) is 5.66. The van der Waals surface area contributed by atoms with Gasteiger partial charge in [0.05, 0.1) is 0 Å². The van der Waals surface area contributed by atoms with Crippen LogP contribution in [-0.2, 0) is 27.1 Å². The fourth-order valence-corrected chi connectivity index (χ4v) is 16.3. The van der Waals surface area contributed by atoms with Crippen molar-refractivity contribution in [3.05, 3.63) is 137 Å². The van der Waals surface area contributed by atoms with Gasteiger partial charge in [0.25, 0.3) is 0 Å². The van der Waals surface area contributed by atoms with Crippen LogP contribution in [-0.4, -0.2) is 0 Å². The molecule has 4 fully saturated rings. The molecule has 7 aliphatic rings. The Bertz CT molecular complexity index is 2480. The van der Waals surface area contributed by atoms with Crippen LogP contribution in [0.3, 0.4) is 0 Å². The van der Waals surface area contributed by atoms with Crippen LogP contribution in [0.2, 0.25) is 0 Å². The maximum absolute atomic E-state index is 2.72. The average molecular weight is 780 g/mol. The Labute approximate surface area is 352 Å². The molecule has 1 heterocycles. The van der Waals surface area contributed by atoms with Gasteiger partial charge in [-0.3, -0.25) is 0 Å². The summed E-state index contributed by atoms with van der Waals surface area (Å²) in [5.74, 6) is 3.32. The molecule has 296 valence electrons. The fraction of sp³-hybridized carbons (Fsp3) is 0.464. The molecule has 1 aliphatic heterocycles. The molecule has 0 radical (unpaired) electrons. The monoisotopic (exact) mass is 779 g/mol. The Hall–Kier alpha value is -3.75. The Morgan fingerprint density at radius 1 is 0.500 bits per heavy atom. The van der Waals surface area contributed by atoms with E-state index in [1.807, 2.05) is 11.8 Å². The highest BCUT2D eigenvalue weighted by Gasteiger charge is 2.84. The first-order valence-electron chi connectivity index (χ1n) is 22.8. The lowest BCUT2D eigenvalue weighted by atomic mass is 9.26. The average Bonchev–Trinajstić information content (AvgIpc) is 3.74. The fourth-order valence-electron chi connectivity index (χ4n) is 15.1. The smallest absolute Gasteiger partial charge is 0.0465 e. The third kappa shape index (κ3) is 4.52. The largest absolute Gasteiger partial charge is 0.310 e. The molecule has 0 aromatic heterocycles. The maximum Gasteiger partial charge on any atom is 0.0465 e. The first kappa shape index (κ1) is 36.1. The zero-order chi connectivity index (χ0) is 39.8. The molecule has 5 aromatic carbocycles. The zero-order valence-corrected chi connectivity index (χ0v) is 37.0. The molecule has 4 saturated carbocycles. The van der Waals surface area contributed by atoms with Gasteiger partial charge in [0.1, 0.15) is 0 Å². The minimum absolute atomic E-state index is 0.0550. The van der Waals surface area contributed by atoms with Gasteiger partial charge in [-0.25, -0.2) is 0 Å². The van der Waals surface area contributed by atoms with Gasteiger partial charge in [-0.2, -0.15) is 0 Å². The molecule has 12 rings (SSSR count). The zero-order valence-electron chi connectivity index (χ0n) is 36.1. The minimum atomic E-state index is 0.0550. The van der Waals surface area contributed by atoms with Crippen molar-refractivity contribution in [2.75, 3.05) is 4.90 Å². The molecule has 2 bridgehead atoms. The molecule has 0 amide bonds. The molecule has 6 unspecified atom stereocenters. The molecular weight excluding hydrogens is 719 g/mol. The molecule has 6 aliphatic carbocycles. The Morgan fingerprint density at radius 2 is 1.05 bits per heavy atom. The molecule has 2 heteroatoms. The molecule has 6 atom stereocenters. The van der Waals surface area contributed by atoms with E-state index >= 15 is 0 Å². The van der Waals surface area contributed by atoms with Gasteiger partial charge in [-0.05, 0) is 195 Å². The van der Waals surface area contributed by atoms with Gasteiger partial charge < -0.3 is 4.90 Å². The van der Waals surface area contributed by atoms with Gasteiger partial charge in [0.2, 0.25) is 0 Å². The van der Waals surface area contributed by atoms with Crippen molar-refractivity contribution in [2.45, 2.75) is 144 Å². The summed E-state index contributed by atoms with van der Waals surface area (Å²) in [7, 11) is 0. The number of rotatable bonds is 4.